The molecule has 0 spiro atoms. The van der Waals surface area contributed by atoms with Crippen molar-refractivity contribution in [2.75, 3.05) is 13.1 Å². The Morgan fingerprint density at radius 1 is 1.00 bits per heavy atom. The maximum atomic E-state index is 12.7. The molecule has 0 aromatic heterocycles. The van der Waals surface area contributed by atoms with Crippen LogP contribution in [-0.4, -0.2) is 35.8 Å². The van der Waals surface area contributed by atoms with E-state index >= 15 is 0 Å². The van der Waals surface area contributed by atoms with Gasteiger partial charge in [-0.1, -0.05) is 64.8 Å². The van der Waals surface area contributed by atoms with Crippen molar-refractivity contribution in [3.8, 4) is 0 Å². The quantitative estimate of drug-likeness (QED) is 0.660. The van der Waals surface area contributed by atoms with Crippen molar-refractivity contribution < 1.29 is 9.59 Å². The second kappa shape index (κ2) is 12.0. The summed E-state index contributed by atoms with van der Waals surface area (Å²) in [5.41, 5.74) is 2.39. The van der Waals surface area contributed by atoms with Crippen LogP contribution in [0.1, 0.15) is 70.9 Å². The lowest BCUT2D eigenvalue weighted by Gasteiger charge is -2.22. The zero-order valence-electron chi connectivity index (χ0n) is 18.7. The van der Waals surface area contributed by atoms with Crippen LogP contribution in [0.3, 0.4) is 0 Å². The Labute approximate surface area is 176 Å². The largest absolute Gasteiger partial charge is 0.350 e. The third kappa shape index (κ3) is 8.57. The van der Waals surface area contributed by atoms with Crippen molar-refractivity contribution in [1.29, 1.82) is 0 Å². The first-order valence-corrected chi connectivity index (χ1v) is 11.2. The van der Waals surface area contributed by atoms with Crippen molar-refractivity contribution in [2.45, 2.75) is 78.9 Å². The first-order chi connectivity index (χ1) is 13.8. The maximum absolute atomic E-state index is 12.7. The number of carbonyl (C=O) groups is 2. The molecule has 1 atom stereocenters. The molecule has 29 heavy (non-hydrogen) atoms. The Morgan fingerprint density at radius 2 is 1.66 bits per heavy atom. The van der Waals surface area contributed by atoms with Gasteiger partial charge >= 0.3 is 0 Å². The molecule has 2 N–H and O–H groups in total. The summed E-state index contributed by atoms with van der Waals surface area (Å²) in [6.07, 6.45) is 5.69. The molecular formula is C24H39N3O2. The third-order valence-electron chi connectivity index (χ3n) is 5.42. The molecule has 1 aliphatic heterocycles. The van der Waals surface area contributed by atoms with Gasteiger partial charge in [0, 0.05) is 19.5 Å². The van der Waals surface area contributed by atoms with Gasteiger partial charge in [0.25, 0.3) is 0 Å². The number of benzene rings is 1. The summed E-state index contributed by atoms with van der Waals surface area (Å²) in [6, 6.07) is 7.97. The highest BCUT2D eigenvalue weighted by Crippen LogP contribution is 2.14. The highest BCUT2D eigenvalue weighted by atomic mass is 16.2. The summed E-state index contributed by atoms with van der Waals surface area (Å²) in [4.78, 5) is 27.3. The molecule has 2 amide bonds. The minimum Gasteiger partial charge on any atom is -0.350 e. The van der Waals surface area contributed by atoms with E-state index in [1.165, 1.54) is 44.3 Å². The average molecular weight is 402 g/mol. The average Bonchev–Trinajstić information content (AvgIpc) is 2.92. The summed E-state index contributed by atoms with van der Waals surface area (Å²) < 4.78 is 0. The summed E-state index contributed by atoms with van der Waals surface area (Å²) in [6.45, 7) is 11.7. The van der Waals surface area contributed by atoms with E-state index < -0.39 is 6.04 Å². The number of hydrogen-bond acceptors (Lipinski definition) is 3. The molecule has 2 rings (SSSR count). The molecule has 0 aliphatic carbocycles. The van der Waals surface area contributed by atoms with Crippen molar-refractivity contribution in [3.63, 3.8) is 0 Å². The zero-order valence-corrected chi connectivity index (χ0v) is 18.7. The first kappa shape index (κ1) is 23.4. The molecule has 0 saturated carbocycles. The predicted molar refractivity (Wildman–Crippen MR) is 118 cm³/mol. The monoisotopic (exact) mass is 401 g/mol. The molecule has 1 aliphatic rings. The number of rotatable bonds is 9. The highest BCUT2D eigenvalue weighted by Gasteiger charge is 2.24. The van der Waals surface area contributed by atoms with E-state index in [2.05, 4.69) is 33.7 Å². The van der Waals surface area contributed by atoms with Crippen molar-refractivity contribution in [3.05, 3.63) is 35.4 Å². The molecule has 1 aromatic rings. The fraction of sp³-hybridized carbons (Fsp3) is 0.667. The second-order valence-corrected chi connectivity index (χ2v) is 9.12. The zero-order chi connectivity index (χ0) is 21.2. The van der Waals surface area contributed by atoms with Gasteiger partial charge in [-0.05, 0) is 48.9 Å². The van der Waals surface area contributed by atoms with E-state index in [4.69, 9.17) is 0 Å². The first-order valence-electron chi connectivity index (χ1n) is 11.2. The van der Waals surface area contributed by atoms with E-state index in [0.717, 1.165) is 12.1 Å². The number of likely N-dealkylation sites (tertiary alicyclic amines) is 1. The third-order valence-corrected chi connectivity index (χ3v) is 5.42. The second-order valence-electron chi connectivity index (χ2n) is 9.12. The van der Waals surface area contributed by atoms with Crippen molar-refractivity contribution in [2.24, 2.45) is 11.8 Å². The molecule has 5 nitrogen and oxygen atoms in total. The summed E-state index contributed by atoms with van der Waals surface area (Å²) in [5, 5.41) is 5.91. The van der Waals surface area contributed by atoms with E-state index in [0.29, 0.717) is 13.0 Å². The van der Waals surface area contributed by atoms with Gasteiger partial charge < -0.3 is 10.6 Å². The number of amides is 2. The predicted octanol–water partition coefficient (Wildman–Crippen LogP) is 3.87. The Balaban J connectivity index is 1.89. The van der Waals surface area contributed by atoms with E-state index in [9.17, 15) is 9.59 Å². The lowest BCUT2D eigenvalue weighted by atomic mass is 10.0. The van der Waals surface area contributed by atoms with E-state index in [1.807, 2.05) is 33.8 Å². The van der Waals surface area contributed by atoms with Gasteiger partial charge in [-0.2, -0.15) is 0 Å². The topological polar surface area (TPSA) is 61.4 Å². The molecule has 0 bridgehead atoms. The summed E-state index contributed by atoms with van der Waals surface area (Å²) >= 11 is 0. The van der Waals surface area contributed by atoms with Crippen LogP contribution in [0, 0.1) is 11.8 Å². The number of hydrogen-bond donors (Lipinski definition) is 2. The number of carbonyl (C=O) groups excluding carboxylic acids is 2. The number of nitrogens with zero attached hydrogens (tertiary/aromatic N) is 1. The van der Waals surface area contributed by atoms with Crippen LogP contribution in [-0.2, 0) is 22.7 Å². The Hall–Kier alpha value is -1.88. The summed E-state index contributed by atoms with van der Waals surface area (Å²) in [7, 11) is 0. The SMILES string of the molecule is CC(C)CC(=O)NC(C(=O)NCc1cccc(CN2CCCCCC2)c1)C(C)C. The lowest BCUT2D eigenvalue weighted by molar-refractivity contribution is -0.130. The van der Waals surface area contributed by atoms with Gasteiger partial charge in [0.2, 0.25) is 11.8 Å². The van der Waals surface area contributed by atoms with Gasteiger partial charge in [-0.3, -0.25) is 14.5 Å². The molecule has 5 heteroatoms. The molecule has 1 unspecified atom stereocenters. The molecular weight excluding hydrogens is 362 g/mol. The van der Waals surface area contributed by atoms with Crippen LogP contribution in [0.15, 0.2) is 24.3 Å². The smallest absolute Gasteiger partial charge is 0.243 e. The van der Waals surface area contributed by atoms with Crippen LogP contribution in [0.2, 0.25) is 0 Å². The molecule has 1 fully saturated rings. The Kier molecular flexibility index (Phi) is 9.65. The van der Waals surface area contributed by atoms with Gasteiger partial charge in [-0.25, -0.2) is 0 Å². The van der Waals surface area contributed by atoms with Crippen LogP contribution in [0.25, 0.3) is 0 Å². The van der Waals surface area contributed by atoms with E-state index in [-0.39, 0.29) is 23.7 Å². The van der Waals surface area contributed by atoms with Crippen molar-refractivity contribution >= 4 is 11.8 Å². The molecule has 162 valence electrons. The fourth-order valence-electron chi connectivity index (χ4n) is 3.83. The molecule has 1 heterocycles. The Morgan fingerprint density at radius 3 is 2.28 bits per heavy atom. The normalized spacial score (nSPS) is 16.5. The van der Waals surface area contributed by atoms with Crippen molar-refractivity contribution in [1.82, 2.24) is 15.5 Å². The minimum absolute atomic E-state index is 0.0421. The van der Waals surface area contributed by atoms with Crippen LogP contribution in [0.4, 0.5) is 0 Å². The van der Waals surface area contributed by atoms with Gasteiger partial charge in [0.15, 0.2) is 0 Å². The van der Waals surface area contributed by atoms with Crippen LogP contribution in [0.5, 0.6) is 0 Å². The molecule has 1 saturated heterocycles. The summed E-state index contributed by atoms with van der Waals surface area (Å²) in [5.74, 6) is 0.140. The van der Waals surface area contributed by atoms with Crippen LogP contribution >= 0.6 is 0 Å². The standard InChI is InChI=1S/C24H39N3O2/c1-18(2)14-22(28)26-23(19(3)4)24(29)25-16-20-10-9-11-21(15-20)17-27-12-7-5-6-8-13-27/h9-11,15,18-19,23H,5-8,12-14,16-17H2,1-4H3,(H,25,29)(H,26,28). The highest BCUT2D eigenvalue weighted by molar-refractivity contribution is 5.87. The minimum atomic E-state index is -0.499. The van der Waals surface area contributed by atoms with E-state index in [1.54, 1.807) is 0 Å². The lowest BCUT2D eigenvalue weighted by Crippen LogP contribution is -2.49. The molecule has 0 radical (unpaired) electrons. The van der Waals surface area contributed by atoms with Gasteiger partial charge in [0.05, 0.1) is 0 Å². The molecule has 1 aromatic carbocycles. The number of nitrogens with one attached hydrogen (secondary N) is 2. The maximum Gasteiger partial charge on any atom is 0.243 e. The van der Waals surface area contributed by atoms with Crippen LogP contribution < -0.4 is 10.6 Å². The van der Waals surface area contributed by atoms with Gasteiger partial charge in [-0.15, -0.1) is 0 Å². The Bertz CT molecular complexity index is 649. The fourth-order valence-corrected chi connectivity index (χ4v) is 3.83. The van der Waals surface area contributed by atoms with Gasteiger partial charge in [0.1, 0.15) is 6.04 Å².